The fourth-order valence-electron chi connectivity index (χ4n) is 6.98. The largest absolute Gasteiger partial charge is 0.383 e. The van der Waals surface area contributed by atoms with Crippen LogP contribution < -0.4 is 0 Å². The number of carbonyl (C=O) groups excluding carboxylic acids is 1. The third-order valence-corrected chi connectivity index (χ3v) is 8.14. The monoisotopic (exact) mass is 317 g/mol. The van der Waals surface area contributed by atoms with Crippen LogP contribution in [0.5, 0.6) is 0 Å². The lowest BCUT2D eigenvalue weighted by Crippen LogP contribution is -2.58. The summed E-state index contributed by atoms with van der Waals surface area (Å²) >= 11 is 0. The zero-order chi connectivity index (χ0) is 16.6. The third kappa shape index (κ3) is 1.95. The van der Waals surface area contributed by atoms with E-state index in [1.165, 1.54) is 37.8 Å². The Bertz CT molecular complexity index is 570. The van der Waals surface area contributed by atoms with E-state index in [0.29, 0.717) is 23.7 Å². The topological polar surface area (TPSA) is 40.5 Å². The molecule has 7 atom stereocenters. The summed E-state index contributed by atoms with van der Waals surface area (Å²) in [7, 11) is 1.85. The molecule has 3 fully saturated rings. The number of carbonyl (C=O) groups is 1. The van der Waals surface area contributed by atoms with Gasteiger partial charge in [-0.25, -0.2) is 0 Å². The van der Waals surface area contributed by atoms with Crippen LogP contribution in [-0.4, -0.2) is 29.1 Å². The van der Waals surface area contributed by atoms with Crippen LogP contribution in [0, 0.1) is 34.5 Å². The van der Waals surface area contributed by atoms with Crippen LogP contribution in [0.3, 0.4) is 0 Å². The van der Waals surface area contributed by atoms with Gasteiger partial charge in [0.25, 0.3) is 5.91 Å². The SMILES string of the molecule is CC1C=C2N(C)C(=O)C(O)C[C@]2(C)[C@@H]2CC[C@]3(C)CCC[C@H]3[C@H]12. The standard InChI is InChI=1S/C20H31NO2/c1-12-10-16-20(3,11-15(22)18(23)21(16)4)14-7-9-19(2)8-5-6-13(19)17(12)14/h10,12-15,17,22H,5-9,11H2,1-4H3/t12?,13-,14+,15?,17-,19-,20+/m0/s1. The molecule has 128 valence electrons. The smallest absolute Gasteiger partial charge is 0.255 e. The molecule has 0 radical (unpaired) electrons. The Balaban J connectivity index is 1.78. The summed E-state index contributed by atoms with van der Waals surface area (Å²) in [5.41, 5.74) is 1.68. The molecular weight excluding hydrogens is 286 g/mol. The zero-order valence-corrected chi connectivity index (χ0v) is 15.0. The maximum atomic E-state index is 12.3. The normalized spacial score (nSPS) is 52.6. The minimum Gasteiger partial charge on any atom is -0.383 e. The van der Waals surface area contributed by atoms with Crippen LogP contribution in [0.25, 0.3) is 0 Å². The second-order valence-corrected chi connectivity index (χ2v) is 9.32. The highest BCUT2D eigenvalue weighted by molar-refractivity contribution is 5.84. The molecule has 0 spiro atoms. The molecule has 1 saturated heterocycles. The average Bonchev–Trinajstić information content (AvgIpc) is 2.89. The molecular formula is C20H31NO2. The van der Waals surface area contributed by atoms with Crippen molar-refractivity contribution < 1.29 is 9.90 Å². The number of aliphatic hydroxyl groups excluding tert-OH is 1. The number of aliphatic hydroxyl groups is 1. The fraction of sp³-hybridized carbons (Fsp3) is 0.850. The molecule has 3 aliphatic carbocycles. The molecule has 2 unspecified atom stereocenters. The van der Waals surface area contributed by atoms with E-state index in [1.807, 2.05) is 7.05 Å². The van der Waals surface area contributed by atoms with Crippen molar-refractivity contribution in [3.63, 3.8) is 0 Å². The van der Waals surface area contributed by atoms with Crippen LogP contribution in [0.1, 0.15) is 59.3 Å². The van der Waals surface area contributed by atoms with Crippen LogP contribution in [0.2, 0.25) is 0 Å². The number of nitrogens with zero attached hydrogens (tertiary/aromatic N) is 1. The van der Waals surface area contributed by atoms with Crippen LogP contribution in [0.15, 0.2) is 11.8 Å². The first-order valence-corrected chi connectivity index (χ1v) is 9.46. The second-order valence-electron chi connectivity index (χ2n) is 9.32. The van der Waals surface area contributed by atoms with Gasteiger partial charge in [-0.1, -0.05) is 33.3 Å². The van der Waals surface area contributed by atoms with Gasteiger partial charge in [0.1, 0.15) is 6.10 Å². The summed E-state index contributed by atoms with van der Waals surface area (Å²) in [6.07, 6.45) is 8.88. The molecule has 1 aliphatic heterocycles. The number of fused-ring (bicyclic) bond motifs is 5. The minimum atomic E-state index is -0.826. The van der Waals surface area contributed by atoms with E-state index in [-0.39, 0.29) is 11.3 Å². The maximum Gasteiger partial charge on any atom is 0.255 e. The molecule has 4 rings (SSSR count). The van der Waals surface area contributed by atoms with Crippen LogP contribution in [0.4, 0.5) is 0 Å². The summed E-state index contributed by atoms with van der Waals surface area (Å²) in [6.45, 7) is 7.18. The van der Waals surface area contributed by atoms with Crippen molar-refractivity contribution in [1.29, 1.82) is 0 Å². The van der Waals surface area contributed by atoms with E-state index < -0.39 is 6.10 Å². The number of piperidine rings is 1. The number of amides is 1. The molecule has 1 heterocycles. The van der Waals surface area contributed by atoms with Crippen molar-refractivity contribution in [2.45, 2.75) is 65.4 Å². The molecule has 0 aromatic heterocycles. The molecule has 23 heavy (non-hydrogen) atoms. The summed E-state index contributed by atoms with van der Waals surface area (Å²) in [6, 6.07) is 0. The van der Waals surface area contributed by atoms with Gasteiger partial charge in [-0.2, -0.15) is 0 Å². The molecule has 3 heteroatoms. The maximum absolute atomic E-state index is 12.3. The summed E-state index contributed by atoms with van der Waals surface area (Å²) < 4.78 is 0. The van der Waals surface area contributed by atoms with E-state index >= 15 is 0 Å². The van der Waals surface area contributed by atoms with Gasteiger partial charge < -0.3 is 10.0 Å². The number of rotatable bonds is 0. The van der Waals surface area contributed by atoms with E-state index in [1.54, 1.807) is 4.90 Å². The number of hydrogen-bond donors (Lipinski definition) is 1. The summed E-state index contributed by atoms with van der Waals surface area (Å²) in [4.78, 5) is 14.0. The van der Waals surface area contributed by atoms with Gasteiger partial charge >= 0.3 is 0 Å². The number of allylic oxidation sites excluding steroid dienone is 2. The van der Waals surface area contributed by atoms with Crippen molar-refractivity contribution in [3.8, 4) is 0 Å². The summed E-state index contributed by atoms with van der Waals surface area (Å²) in [5.74, 6) is 2.57. The lowest BCUT2D eigenvalue weighted by molar-refractivity contribution is -0.150. The molecule has 0 aromatic carbocycles. The van der Waals surface area contributed by atoms with Gasteiger partial charge in [0.15, 0.2) is 0 Å². The first kappa shape index (κ1) is 15.7. The third-order valence-electron chi connectivity index (χ3n) is 8.14. The molecule has 0 bridgehead atoms. The van der Waals surface area contributed by atoms with Gasteiger partial charge in [-0.15, -0.1) is 0 Å². The highest BCUT2D eigenvalue weighted by Crippen LogP contribution is 2.65. The van der Waals surface area contributed by atoms with Crippen molar-refractivity contribution in [3.05, 3.63) is 11.8 Å². The first-order chi connectivity index (χ1) is 10.8. The summed E-state index contributed by atoms with van der Waals surface area (Å²) in [5, 5.41) is 10.3. The Morgan fingerprint density at radius 1 is 1.22 bits per heavy atom. The average molecular weight is 317 g/mol. The molecule has 2 saturated carbocycles. The molecule has 0 aromatic rings. The van der Waals surface area contributed by atoms with Crippen LogP contribution in [-0.2, 0) is 4.79 Å². The molecule has 4 aliphatic rings. The highest BCUT2D eigenvalue weighted by atomic mass is 16.3. The quantitative estimate of drug-likeness (QED) is 0.742. The van der Waals surface area contributed by atoms with E-state index in [4.69, 9.17) is 0 Å². The number of likely N-dealkylation sites (tertiary alicyclic amines) is 1. The number of hydrogen-bond acceptors (Lipinski definition) is 2. The zero-order valence-electron chi connectivity index (χ0n) is 15.0. The Morgan fingerprint density at radius 2 is 1.96 bits per heavy atom. The van der Waals surface area contributed by atoms with Crippen LogP contribution >= 0.6 is 0 Å². The van der Waals surface area contributed by atoms with Crippen molar-refractivity contribution in [2.75, 3.05) is 7.05 Å². The van der Waals surface area contributed by atoms with E-state index in [2.05, 4.69) is 26.8 Å². The van der Waals surface area contributed by atoms with E-state index in [9.17, 15) is 9.90 Å². The lowest BCUT2D eigenvalue weighted by atomic mass is 9.48. The Kier molecular flexibility index (Phi) is 3.30. The fourth-order valence-corrected chi connectivity index (χ4v) is 6.98. The molecule has 3 nitrogen and oxygen atoms in total. The number of likely N-dealkylation sites (N-methyl/N-ethyl adjacent to an activating group) is 1. The molecule has 1 N–H and O–H groups in total. The Hall–Kier alpha value is -0.830. The predicted molar refractivity (Wildman–Crippen MR) is 90.4 cm³/mol. The lowest BCUT2D eigenvalue weighted by Gasteiger charge is -2.60. The minimum absolute atomic E-state index is 0.0385. The van der Waals surface area contributed by atoms with Gasteiger partial charge in [-0.05, 0) is 61.2 Å². The second kappa shape index (κ2) is 4.84. The highest BCUT2D eigenvalue weighted by Gasteiger charge is 2.59. The van der Waals surface area contributed by atoms with Crippen molar-refractivity contribution in [2.24, 2.45) is 34.5 Å². The van der Waals surface area contributed by atoms with Gasteiger partial charge in [0.2, 0.25) is 0 Å². The first-order valence-electron chi connectivity index (χ1n) is 9.46. The van der Waals surface area contributed by atoms with Gasteiger partial charge in [0.05, 0.1) is 0 Å². The molecule has 1 amide bonds. The Morgan fingerprint density at radius 3 is 2.70 bits per heavy atom. The van der Waals surface area contributed by atoms with Gasteiger partial charge in [-0.3, -0.25) is 4.79 Å². The van der Waals surface area contributed by atoms with Crippen molar-refractivity contribution >= 4 is 5.91 Å². The Labute approximate surface area is 140 Å². The van der Waals surface area contributed by atoms with Gasteiger partial charge in [0, 0.05) is 18.2 Å². The predicted octanol–water partition coefficient (Wildman–Crippen LogP) is 3.58. The van der Waals surface area contributed by atoms with Crippen molar-refractivity contribution in [1.82, 2.24) is 4.90 Å². The van der Waals surface area contributed by atoms with E-state index in [0.717, 1.165) is 11.8 Å².